The molecule has 1 N–H and O–H groups in total. The van der Waals surface area contributed by atoms with Crippen molar-refractivity contribution in [3.8, 4) is 5.75 Å². The van der Waals surface area contributed by atoms with Gasteiger partial charge in [-0.1, -0.05) is 32.9 Å². The van der Waals surface area contributed by atoms with Crippen LogP contribution in [0.3, 0.4) is 0 Å². The fourth-order valence-electron chi connectivity index (χ4n) is 1.80. The number of hydrogen-bond donors (Lipinski definition) is 1. The fraction of sp³-hybridized carbons (Fsp3) is 0.600. The van der Waals surface area contributed by atoms with Crippen LogP contribution in [0.4, 0.5) is 0 Å². The van der Waals surface area contributed by atoms with E-state index in [2.05, 4.69) is 50.4 Å². The summed E-state index contributed by atoms with van der Waals surface area (Å²) in [5.41, 5.74) is 1.38. The predicted octanol–water partition coefficient (Wildman–Crippen LogP) is 3.26. The standard InChI is InChI=1S/C15H25NO/c1-5-17-15-8-6-14(7-9-15)10-13(4)11-16-12(2)3/h6-9,12-13,16H,5,10-11H2,1-4H3. The maximum atomic E-state index is 5.43. The molecule has 0 amide bonds. The van der Waals surface area contributed by atoms with Crippen molar-refractivity contribution in [1.82, 2.24) is 5.32 Å². The highest BCUT2D eigenvalue weighted by Crippen LogP contribution is 2.14. The molecule has 0 spiro atoms. The van der Waals surface area contributed by atoms with Gasteiger partial charge in [-0.2, -0.15) is 0 Å². The number of rotatable bonds is 7. The van der Waals surface area contributed by atoms with Crippen molar-refractivity contribution in [3.05, 3.63) is 29.8 Å². The molecule has 1 aromatic rings. The van der Waals surface area contributed by atoms with Crippen molar-refractivity contribution in [2.75, 3.05) is 13.2 Å². The summed E-state index contributed by atoms with van der Waals surface area (Å²) in [6, 6.07) is 9.01. The molecule has 0 aliphatic rings. The van der Waals surface area contributed by atoms with Crippen LogP contribution in [0.15, 0.2) is 24.3 Å². The van der Waals surface area contributed by atoms with Gasteiger partial charge in [0.1, 0.15) is 5.75 Å². The summed E-state index contributed by atoms with van der Waals surface area (Å²) >= 11 is 0. The Labute approximate surface area is 105 Å². The summed E-state index contributed by atoms with van der Waals surface area (Å²) in [6.45, 7) is 10.5. The Morgan fingerprint density at radius 1 is 1.12 bits per heavy atom. The van der Waals surface area contributed by atoms with Gasteiger partial charge in [0.05, 0.1) is 6.61 Å². The first-order chi connectivity index (χ1) is 8.11. The molecule has 0 aromatic heterocycles. The van der Waals surface area contributed by atoms with Crippen molar-refractivity contribution < 1.29 is 4.74 Å². The highest BCUT2D eigenvalue weighted by Gasteiger charge is 2.04. The highest BCUT2D eigenvalue weighted by atomic mass is 16.5. The molecule has 17 heavy (non-hydrogen) atoms. The molecule has 0 aliphatic carbocycles. The van der Waals surface area contributed by atoms with Crippen LogP contribution in [0.5, 0.6) is 5.75 Å². The van der Waals surface area contributed by atoms with Gasteiger partial charge < -0.3 is 10.1 Å². The maximum Gasteiger partial charge on any atom is 0.119 e. The van der Waals surface area contributed by atoms with Crippen molar-refractivity contribution in [2.45, 2.75) is 40.2 Å². The van der Waals surface area contributed by atoms with E-state index in [-0.39, 0.29) is 0 Å². The topological polar surface area (TPSA) is 21.3 Å². The molecular formula is C15H25NO. The second-order valence-electron chi connectivity index (χ2n) is 4.95. The highest BCUT2D eigenvalue weighted by molar-refractivity contribution is 5.27. The molecule has 0 fully saturated rings. The number of ether oxygens (including phenoxy) is 1. The quantitative estimate of drug-likeness (QED) is 0.783. The molecule has 0 bridgehead atoms. The molecule has 96 valence electrons. The van der Waals surface area contributed by atoms with Gasteiger partial charge in [-0.05, 0) is 43.5 Å². The Balaban J connectivity index is 2.40. The first-order valence-electron chi connectivity index (χ1n) is 6.57. The monoisotopic (exact) mass is 235 g/mol. The Bertz CT molecular complexity index is 305. The molecule has 2 heteroatoms. The SMILES string of the molecule is CCOc1ccc(CC(C)CNC(C)C)cc1. The van der Waals surface area contributed by atoms with E-state index in [1.165, 1.54) is 5.56 Å². The lowest BCUT2D eigenvalue weighted by atomic mass is 10.0. The van der Waals surface area contributed by atoms with Crippen LogP contribution in [0, 0.1) is 5.92 Å². The van der Waals surface area contributed by atoms with Crippen molar-refractivity contribution >= 4 is 0 Å². The maximum absolute atomic E-state index is 5.43. The van der Waals surface area contributed by atoms with Crippen molar-refractivity contribution in [1.29, 1.82) is 0 Å². The summed E-state index contributed by atoms with van der Waals surface area (Å²) < 4.78 is 5.43. The van der Waals surface area contributed by atoms with E-state index in [4.69, 9.17) is 4.74 Å². The summed E-state index contributed by atoms with van der Waals surface area (Å²) in [4.78, 5) is 0. The molecule has 0 radical (unpaired) electrons. The second kappa shape index (κ2) is 7.33. The van der Waals surface area contributed by atoms with E-state index in [9.17, 15) is 0 Å². The zero-order valence-corrected chi connectivity index (χ0v) is 11.5. The summed E-state index contributed by atoms with van der Waals surface area (Å²) in [5.74, 6) is 1.62. The molecule has 1 aromatic carbocycles. The summed E-state index contributed by atoms with van der Waals surface area (Å²) in [5, 5.41) is 3.47. The van der Waals surface area contributed by atoms with Gasteiger partial charge >= 0.3 is 0 Å². The zero-order valence-electron chi connectivity index (χ0n) is 11.5. The Morgan fingerprint density at radius 2 is 1.76 bits per heavy atom. The fourth-order valence-corrected chi connectivity index (χ4v) is 1.80. The molecule has 1 rings (SSSR count). The van der Waals surface area contributed by atoms with Crippen LogP contribution >= 0.6 is 0 Å². The molecule has 2 nitrogen and oxygen atoms in total. The van der Waals surface area contributed by atoms with Crippen LogP contribution in [0.25, 0.3) is 0 Å². The van der Waals surface area contributed by atoms with E-state index in [1.807, 2.05) is 6.92 Å². The third kappa shape index (κ3) is 5.73. The molecule has 1 unspecified atom stereocenters. The number of benzene rings is 1. The minimum atomic E-state index is 0.567. The van der Waals surface area contributed by atoms with E-state index in [0.29, 0.717) is 12.0 Å². The molecular weight excluding hydrogens is 210 g/mol. The average Bonchev–Trinajstić information content (AvgIpc) is 2.29. The Morgan fingerprint density at radius 3 is 2.29 bits per heavy atom. The normalized spacial score (nSPS) is 12.8. The minimum absolute atomic E-state index is 0.567. The summed E-state index contributed by atoms with van der Waals surface area (Å²) in [6.07, 6.45) is 1.12. The molecule has 0 heterocycles. The lowest BCUT2D eigenvalue weighted by Gasteiger charge is -2.15. The lowest BCUT2D eigenvalue weighted by Crippen LogP contribution is -2.28. The average molecular weight is 235 g/mol. The lowest BCUT2D eigenvalue weighted by molar-refractivity contribution is 0.340. The molecule has 0 saturated heterocycles. The van der Waals surface area contributed by atoms with Crippen LogP contribution < -0.4 is 10.1 Å². The van der Waals surface area contributed by atoms with E-state index >= 15 is 0 Å². The number of nitrogens with one attached hydrogen (secondary N) is 1. The smallest absolute Gasteiger partial charge is 0.119 e. The van der Waals surface area contributed by atoms with E-state index < -0.39 is 0 Å². The van der Waals surface area contributed by atoms with Gasteiger partial charge in [-0.3, -0.25) is 0 Å². The zero-order chi connectivity index (χ0) is 12.7. The van der Waals surface area contributed by atoms with Gasteiger partial charge in [-0.15, -0.1) is 0 Å². The first kappa shape index (κ1) is 14.0. The third-order valence-corrected chi connectivity index (χ3v) is 2.69. The van der Waals surface area contributed by atoms with Crippen molar-refractivity contribution in [3.63, 3.8) is 0 Å². The van der Waals surface area contributed by atoms with Crippen LogP contribution in [0.1, 0.15) is 33.3 Å². The minimum Gasteiger partial charge on any atom is -0.494 e. The molecule has 0 saturated carbocycles. The van der Waals surface area contributed by atoms with Crippen LogP contribution in [0.2, 0.25) is 0 Å². The van der Waals surface area contributed by atoms with Gasteiger partial charge in [0.15, 0.2) is 0 Å². The Kier molecular flexibility index (Phi) is 6.06. The molecule has 0 aliphatic heterocycles. The van der Waals surface area contributed by atoms with Crippen LogP contribution in [-0.2, 0) is 6.42 Å². The Hall–Kier alpha value is -1.02. The van der Waals surface area contributed by atoms with Crippen molar-refractivity contribution in [2.24, 2.45) is 5.92 Å². The van der Waals surface area contributed by atoms with Gasteiger partial charge in [-0.25, -0.2) is 0 Å². The summed E-state index contributed by atoms with van der Waals surface area (Å²) in [7, 11) is 0. The van der Waals surface area contributed by atoms with Gasteiger partial charge in [0.2, 0.25) is 0 Å². The van der Waals surface area contributed by atoms with E-state index in [1.54, 1.807) is 0 Å². The second-order valence-corrected chi connectivity index (χ2v) is 4.95. The third-order valence-electron chi connectivity index (χ3n) is 2.69. The predicted molar refractivity (Wildman–Crippen MR) is 73.6 cm³/mol. The molecule has 1 atom stereocenters. The number of hydrogen-bond acceptors (Lipinski definition) is 2. The van der Waals surface area contributed by atoms with Gasteiger partial charge in [0, 0.05) is 6.04 Å². The largest absolute Gasteiger partial charge is 0.494 e. The van der Waals surface area contributed by atoms with E-state index in [0.717, 1.165) is 25.3 Å². The van der Waals surface area contributed by atoms with Gasteiger partial charge in [0.25, 0.3) is 0 Å². The first-order valence-corrected chi connectivity index (χ1v) is 6.57. The van der Waals surface area contributed by atoms with Crippen LogP contribution in [-0.4, -0.2) is 19.2 Å².